The Balaban J connectivity index is 1.50. The summed E-state index contributed by atoms with van der Waals surface area (Å²) in [5.74, 6) is 2.02. The van der Waals surface area contributed by atoms with Crippen LogP contribution in [0.4, 0.5) is 10.5 Å². The van der Waals surface area contributed by atoms with Crippen LogP contribution in [-0.4, -0.2) is 23.0 Å². The molecule has 10 heteroatoms. The molecule has 0 saturated heterocycles. The summed E-state index contributed by atoms with van der Waals surface area (Å²) in [7, 11) is 0. The van der Waals surface area contributed by atoms with E-state index in [2.05, 4.69) is 15.5 Å². The van der Waals surface area contributed by atoms with Crippen LogP contribution in [0.25, 0.3) is 16.3 Å². The van der Waals surface area contributed by atoms with E-state index in [-0.39, 0.29) is 12.8 Å². The first-order valence-electron chi connectivity index (χ1n) is 10.4. The zero-order valence-corrected chi connectivity index (χ0v) is 19.4. The number of fused-ring (bicyclic) bond motifs is 1. The Morgan fingerprint density at radius 2 is 2.00 bits per heavy atom. The Hall–Kier alpha value is -3.82. The van der Waals surface area contributed by atoms with Gasteiger partial charge in [0.25, 0.3) is 5.89 Å². The molecule has 4 heterocycles. The Labute approximate surface area is 203 Å². The van der Waals surface area contributed by atoms with Crippen LogP contribution in [0.15, 0.2) is 70.2 Å². The smallest absolute Gasteiger partial charge is 0.327 e. The number of amides is 2. The van der Waals surface area contributed by atoms with Gasteiger partial charge in [0.05, 0.1) is 22.2 Å². The zero-order chi connectivity index (χ0) is 23.2. The lowest BCUT2D eigenvalue weighted by Crippen LogP contribution is -2.46. The third-order valence-corrected chi connectivity index (χ3v) is 6.78. The van der Waals surface area contributed by atoms with E-state index in [1.165, 1.54) is 11.3 Å². The highest BCUT2D eigenvalue weighted by Gasteiger charge is 2.37. The standard InChI is InChI=1S/C24H17ClN4O4S/c1-13-20(23-27-22(28-33-23)19-6-3-9-34-19)21(14-4-2-5-15(25)10-14)26-24(30)29(13)16-7-8-17-18(11-16)32-12-31-17/h2-11,21H,12H2,1H3,(H,26,30). The topological polar surface area (TPSA) is 89.7 Å². The van der Waals surface area contributed by atoms with Gasteiger partial charge in [-0.05, 0) is 48.2 Å². The SMILES string of the molecule is CC1=C(c2nc(-c3cccs3)no2)C(c2cccc(Cl)c2)NC(=O)N1c1ccc2c(c1)OCO2. The van der Waals surface area contributed by atoms with E-state index in [1.807, 2.05) is 42.6 Å². The van der Waals surface area contributed by atoms with E-state index in [0.29, 0.717) is 45.2 Å². The number of carbonyl (C=O) groups excluding carboxylic acids is 1. The molecular formula is C24H17ClN4O4S. The molecule has 2 amide bonds. The minimum atomic E-state index is -0.534. The highest BCUT2D eigenvalue weighted by molar-refractivity contribution is 7.13. The van der Waals surface area contributed by atoms with Gasteiger partial charge in [-0.15, -0.1) is 11.3 Å². The van der Waals surface area contributed by atoms with Gasteiger partial charge >= 0.3 is 6.03 Å². The number of thiophene rings is 1. The molecule has 170 valence electrons. The quantitative estimate of drug-likeness (QED) is 0.382. The number of carbonyl (C=O) groups is 1. The maximum absolute atomic E-state index is 13.4. The number of aromatic nitrogens is 2. The number of hydrogen-bond acceptors (Lipinski definition) is 7. The van der Waals surface area contributed by atoms with E-state index in [4.69, 9.17) is 25.6 Å². The molecule has 4 aromatic rings. The molecule has 0 spiro atoms. The van der Waals surface area contributed by atoms with Crippen molar-refractivity contribution in [1.82, 2.24) is 15.5 Å². The molecule has 0 radical (unpaired) electrons. The number of urea groups is 1. The molecule has 0 aliphatic carbocycles. The minimum Gasteiger partial charge on any atom is -0.454 e. The number of hydrogen-bond donors (Lipinski definition) is 1. The van der Waals surface area contributed by atoms with Gasteiger partial charge in [-0.25, -0.2) is 4.79 Å². The lowest BCUT2D eigenvalue weighted by Gasteiger charge is -2.35. The van der Waals surface area contributed by atoms with Crippen LogP contribution in [0.3, 0.4) is 0 Å². The van der Waals surface area contributed by atoms with E-state index in [1.54, 1.807) is 29.2 Å². The van der Waals surface area contributed by atoms with Crippen LogP contribution in [-0.2, 0) is 0 Å². The molecule has 2 aromatic carbocycles. The fourth-order valence-electron chi connectivity index (χ4n) is 4.13. The first-order valence-corrected chi connectivity index (χ1v) is 11.7. The molecule has 2 aromatic heterocycles. The average molecular weight is 493 g/mol. The largest absolute Gasteiger partial charge is 0.454 e. The fourth-order valence-corrected chi connectivity index (χ4v) is 4.98. The lowest BCUT2D eigenvalue weighted by molar-refractivity contribution is 0.174. The first kappa shape index (κ1) is 20.8. The maximum atomic E-state index is 13.4. The van der Waals surface area contributed by atoms with Crippen molar-refractivity contribution in [3.63, 3.8) is 0 Å². The lowest BCUT2D eigenvalue weighted by atomic mass is 9.94. The first-order chi connectivity index (χ1) is 16.6. The van der Waals surface area contributed by atoms with Gasteiger partial charge in [0, 0.05) is 16.8 Å². The van der Waals surface area contributed by atoms with Crippen LogP contribution >= 0.6 is 22.9 Å². The number of allylic oxidation sites excluding steroid dienone is 1. The summed E-state index contributed by atoms with van der Waals surface area (Å²) in [5.41, 5.74) is 2.75. The van der Waals surface area contributed by atoms with Crippen molar-refractivity contribution >= 4 is 40.2 Å². The van der Waals surface area contributed by atoms with E-state index in [0.717, 1.165) is 10.4 Å². The molecule has 2 aliphatic rings. The molecule has 1 unspecified atom stereocenters. The van der Waals surface area contributed by atoms with Crippen LogP contribution in [0.1, 0.15) is 24.4 Å². The number of benzene rings is 2. The molecule has 2 aliphatic heterocycles. The average Bonchev–Trinajstić information content (AvgIpc) is 3.59. The Kier molecular flexibility index (Phi) is 5.00. The fraction of sp³-hybridized carbons (Fsp3) is 0.125. The third kappa shape index (κ3) is 3.49. The van der Waals surface area contributed by atoms with E-state index in [9.17, 15) is 4.79 Å². The summed E-state index contributed by atoms with van der Waals surface area (Å²) in [4.78, 5) is 20.5. The summed E-state index contributed by atoms with van der Waals surface area (Å²) in [6, 6.07) is 15.7. The van der Waals surface area contributed by atoms with Crippen molar-refractivity contribution in [2.45, 2.75) is 13.0 Å². The van der Waals surface area contributed by atoms with Gasteiger partial charge in [0.1, 0.15) is 0 Å². The van der Waals surface area contributed by atoms with Crippen LogP contribution in [0.2, 0.25) is 5.02 Å². The molecular weight excluding hydrogens is 476 g/mol. The highest BCUT2D eigenvalue weighted by atomic mass is 35.5. The highest BCUT2D eigenvalue weighted by Crippen LogP contribution is 2.42. The van der Waals surface area contributed by atoms with E-state index >= 15 is 0 Å². The van der Waals surface area contributed by atoms with Gasteiger partial charge in [-0.3, -0.25) is 4.90 Å². The van der Waals surface area contributed by atoms with Crippen LogP contribution in [0, 0.1) is 0 Å². The van der Waals surface area contributed by atoms with E-state index < -0.39 is 6.04 Å². The number of nitrogens with zero attached hydrogens (tertiary/aromatic N) is 3. The normalized spacial score (nSPS) is 17.3. The molecule has 0 saturated carbocycles. The third-order valence-electron chi connectivity index (χ3n) is 5.68. The number of anilines is 1. The van der Waals surface area contributed by atoms with Crippen LogP contribution in [0.5, 0.6) is 11.5 Å². The molecule has 0 bridgehead atoms. The second-order valence-corrected chi connectivity index (χ2v) is 9.09. The van der Waals surface area contributed by atoms with Gasteiger partial charge in [0.2, 0.25) is 12.6 Å². The van der Waals surface area contributed by atoms with Crippen LogP contribution < -0.4 is 19.7 Å². The second-order valence-electron chi connectivity index (χ2n) is 7.71. The van der Waals surface area contributed by atoms with Gasteiger partial charge in [-0.1, -0.05) is 35.0 Å². The zero-order valence-electron chi connectivity index (χ0n) is 17.8. The molecule has 1 atom stereocenters. The molecule has 8 nitrogen and oxygen atoms in total. The minimum absolute atomic E-state index is 0.148. The number of rotatable bonds is 4. The predicted octanol–water partition coefficient (Wildman–Crippen LogP) is 5.88. The Morgan fingerprint density at radius 1 is 1.12 bits per heavy atom. The monoisotopic (exact) mass is 492 g/mol. The molecule has 34 heavy (non-hydrogen) atoms. The Morgan fingerprint density at radius 3 is 2.82 bits per heavy atom. The van der Waals surface area contributed by atoms with Crippen molar-refractivity contribution in [2.24, 2.45) is 0 Å². The summed E-state index contributed by atoms with van der Waals surface area (Å²) >= 11 is 7.79. The summed E-state index contributed by atoms with van der Waals surface area (Å²) in [5, 5.41) is 9.76. The summed E-state index contributed by atoms with van der Waals surface area (Å²) in [6.45, 7) is 2.00. The van der Waals surface area contributed by atoms with Gasteiger partial charge in [-0.2, -0.15) is 4.98 Å². The van der Waals surface area contributed by atoms with Crippen molar-refractivity contribution in [2.75, 3.05) is 11.7 Å². The van der Waals surface area contributed by atoms with Crippen molar-refractivity contribution in [3.05, 3.63) is 82.2 Å². The second kappa shape index (κ2) is 8.19. The number of halogens is 1. The van der Waals surface area contributed by atoms with Gasteiger partial charge < -0.3 is 19.3 Å². The maximum Gasteiger partial charge on any atom is 0.327 e. The van der Waals surface area contributed by atoms with Crippen molar-refractivity contribution in [1.29, 1.82) is 0 Å². The molecule has 0 fully saturated rings. The summed E-state index contributed by atoms with van der Waals surface area (Å²) < 4.78 is 16.6. The predicted molar refractivity (Wildman–Crippen MR) is 128 cm³/mol. The van der Waals surface area contributed by atoms with Gasteiger partial charge in [0.15, 0.2) is 11.5 Å². The summed E-state index contributed by atoms with van der Waals surface area (Å²) in [6.07, 6.45) is 0. The number of nitrogens with one attached hydrogen (secondary N) is 1. The number of ether oxygens (including phenoxy) is 2. The van der Waals surface area contributed by atoms with Crippen molar-refractivity contribution < 1.29 is 18.8 Å². The molecule has 6 rings (SSSR count). The molecule has 1 N–H and O–H groups in total. The van der Waals surface area contributed by atoms with Crippen molar-refractivity contribution in [3.8, 4) is 22.2 Å². The Bertz CT molecular complexity index is 1430.